The molecule has 12 aromatic rings. The van der Waals surface area contributed by atoms with Gasteiger partial charge in [-0.2, -0.15) is 5.26 Å². The van der Waals surface area contributed by atoms with Gasteiger partial charge in [-0.15, -0.1) is 0 Å². The predicted octanol–water partition coefficient (Wildman–Crippen LogP) is 15.1. The number of benzene rings is 10. The van der Waals surface area contributed by atoms with E-state index in [1.54, 1.807) is 0 Å². The highest BCUT2D eigenvalue weighted by Crippen LogP contribution is 2.45. The van der Waals surface area contributed by atoms with Gasteiger partial charge in [-0.25, -0.2) is 15.0 Å². The summed E-state index contributed by atoms with van der Waals surface area (Å²) in [5.41, 5.74) is 11.6. The van der Waals surface area contributed by atoms with Gasteiger partial charge in [0.15, 0.2) is 17.5 Å². The molecule has 0 amide bonds. The van der Waals surface area contributed by atoms with Crippen molar-refractivity contribution in [1.82, 2.24) is 15.0 Å². The first kappa shape index (κ1) is 36.2. The van der Waals surface area contributed by atoms with Gasteiger partial charge in [-0.3, -0.25) is 0 Å². The molecule has 0 saturated heterocycles. The predicted molar refractivity (Wildman–Crippen MR) is 257 cm³/mol. The molecule has 0 aliphatic heterocycles. The second kappa shape index (κ2) is 14.8. The van der Waals surface area contributed by atoms with E-state index in [4.69, 9.17) is 19.4 Å². The summed E-state index contributed by atoms with van der Waals surface area (Å²) in [7, 11) is 0. The lowest BCUT2D eigenvalue weighted by atomic mass is 9.89. The fourth-order valence-electron chi connectivity index (χ4n) is 9.14. The molecule has 0 atom stereocenters. The average molecular weight is 803 g/mol. The van der Waals surface area contributed by atoms with Crippen molar-refractivity contribution >= 4 is 54.3 Å². The van der Waals surface area contributed by atoms with Crippen LogP contribution in [0.5, 0.6) is 0 Å². The molecule has 2 heterocycles. The molecule has 0 fully saturated rings. The summed E-state index contributed by atoms with van der Waals surface area (Å²) >= 11 is 0. The van der Waals surface area contributed by atoms with Crippen LogP contribution in [0, 0.1) is 11.3 Å². The molecule has 292 valence electrons. The molecule has 0 spiro atoms. The van der Waals surface area contributed by atoms with Gasteiger partial charge in [0.2, 0.25) is 0 Å². The van der Waals surface area contributed by atoms with Crippen LogP contribution in [0.2, 0.25) is 0 Å². The summed E-state index contributed by atoms with van der Waals surface area (Å²) in [5.74, 6) is 1.87. The molecular weight excluding hydrogens is 769 g/mol. The van der Waals surface area contributed by atoms with E-state index >= 15 is 0 Å². The number of hydrogen-bond acceptors (Lipinski definition) is 5. The molecule has 0 unspecified atom stereocenters. The van der Waals surface area contributed by atoms with Crippen molar-refractivity contribution in [3.05, 3.63) is 212 Å². The first-order valence-corrected chi connectivity index (χ1v) is 21.0. The summed E-state index contributed by atoms with van der Waals surface area (Å²) in [6.45, 7) is 0. The molecule has 63 heavy (non-hydrogen) atoms. The van der Waals surface area contributed by atoms with E-state index < -0.39 is 0 Å². The van der Waals surface area contributed by atoms with Crippen molar-refractivity contribution in [2.45, 2.75) is 0 Å². The minimum atomic E-state index is 0.613. The van der Waals surface area contributed by atoms with Gasteiger partial charge in [0, 0.05) is 32.8 Å². The highest BCUT2D eigenvalue weighted by Gasteiger charge is 2.19. The molecule has 0 N–H and O–H groups in total. The summed E-state index contributed by atoms with van der Waals surface area (Å²) in [5, 5.41) is 18.6. The van der Waals surface area contributed by atoms with Gasteiger partial charge in [0.25, 0.3) is 0 Å². The summed E-state index contributed by atoms with van der Waals surface area (Å²) in [6.07, 6.45) is 0. The van der Waals surface area contributed by atoms with Gasteiger partial charge in [-0.1, -0.05) is 170 Å². The Labute approximate surface area is 362 Å². The Balaban J connectivity index is 1.01. The number of aromatic nitrogens is 3. The van der Waals surface area contributed by atoms with Crippen molar-refractivity contribution in [3.63, 3.8) is 0 Å². The van der Waals surface area contributed by atoms with Crippen LogP contribution in [-0.2, 0) is 0 Å². The molecule has 2 aromatic heterocycles. The molecule has 0 bridgehead atoms. The van der Waals surface area contributed by atoms with E-state index in [0.29, 0.717) is 23.0 Å². The lowest BCUT2D eigenvalue weighted by Crippen LogP contribution is -2.00. The number of furan rings is 1. The lowest BCUT2D eigenvalue weighted by Gasteiger charge is -2.14. The van der Waals surface area contributed by atoms with Crippen molar-refractivity contribution in [1.29, 1.82) is 5.26 Å². The first-order chi connectivity index (χ1) is 31.2. The third-order valence-corrected chi connectivity index (χ3v) is 12.1. The Hall–Kier alpha value is -8.72. The Kier molecular flexibility index (Phi) is 8.48. The highest BCUT2D eigenvalue weighted by molar-refractivity contribution is 6.31. The average Bonchev–Trinajstić information content (AvgIpc) is 3.77. The van der Waals surface area contributed by atoms with Crippen molar-refractivity contribution < 1.29 is 4.42 Å². The molecule has 0 saturated carbocycles. The summed E-state index contributed by atoms with van der Waals surface area (Å²) < 4.78 is 6.82. The van der Waals surface area contributed by atoms with Gasteiger partial charge in [0.05, 0.1) is 11.6 Å². The summed E-state index contributed by atoms with van der Waals surface area (Å²) in [4.78, 5) is 14.9. The maximum Gasteiger partial charge on any atom is 0.164 e. The van der Waals surface area contributed by atoms with E-state index in [0.717, 1.165) is 104 Å². The Morgan fingerprint density at radius 1 is 0.333 bits per heavy atom. The van der Waals surface area contributed by atoms with E-state index in [2.05, 4.69) is 127 Å². The van der Waals surface area contributed by atoms with Crippen molar-refractivity contribution in [3.8, 4) is 73.6 Å². The van der Waals surface area contributed by atoms with Crippen LogP contribution < -0.4 is 0 Å². The van der Waals surface area contributed by atoms with Gasteiger partial charge in [0.1, 0.15) is 11.2 Å². The van der Waals surface area contributed by atoms with Crippen LogP contribution in [0.25, 0.3) is 122 Å². The fourth-order valence-corrected chi connectivity index (χ4v) is 9.14. The zero-order chi connectivity index (χ0) is 41.9. The number of para-hydroxylation sites is 1. The third kappa shape index (κ3) is 6.20. The van der Waals surface area contributed by atoms with Crippen LogP contribution >= 0.6 is 0 Å². The largest absolute Gasteiger partial charge is 0.455 e. The van der Waals surface area contributed by atoms with Crippen LogP contribution in [0.4, 0.5) is 0 Å². The van der Waals surface area contributed by atoms with E-state index in [1.165, 1.54) is 0 Å². The SMILES string of the molecule is N#Cc1cccc(-c2ccc(-c3ccc4c5ccc(-c6cccc(-c7nc(-c8ccccc8)nc(-c8ccccc8)n7)c6)cc5c5oc6ccccc6c5c4c3)c3ccccc23)c1. The molecular formula is C58H34N4O. The van der Waals surface area contributed by atoms with Gasteiger partial charge >= 0.3 is 0 Å². The second-order valence-corrected chi connectivity index (χ2v) is 15.8. The quantitative estimate of drug-likeness (QED) is 0.157. The Bertz CT molecular complexity index is 3750. The molecule has 12 rings (SSSR count). The van der Waals surface area contributed by atoms with Gasteiger partial charge < -0.3 is 4.42 Å². The zero-order valence-electron chi connectivity index (χ0n) is 33.8. The minimum Gasteiger partial charge on any atom is -0.455 e. The van der Waals surface area contributed by atoms with Crippen LogP contribution in [-0.4, -0.2) is 15.0 Å². The van der Waals surface area contributed by atoms with E-state index in [-0.39, 0.29) is 0 Å². The molecule has 0 aliphatic carbocycles. The Morgan fingerprint density at radius 2 is 0.825 bits per heavy atom. The molecule has 5 heteroatoms. The monoisotopic (exact) mass is 802 g/mol. The maximum absolute atomic E-state index is 9.62. The number of fused-ring (bicyclic) bond motifs is 9. The smallest absolute Gasteiger partial charge is 0.164 e. The molecule has 10 aromatic carbocycles. The highest BCUT2D eigenvalue weighted by atomic mass is 16.3. The number of nitriles is 1. The number of rotatable bonds is 6. The summed E-state index contributed by atoms with van der Waals surface area (Å²) in [6, 6.07) is 73.5. The van der Waals surface area contributed by atoms with Crippen molar-refractivity contribution in [2.75, 3.05) is 0 Å². The number of nitrogens with zero attached hydrogens (tertiary/aromatic N) is 4. The maximum atomic E-state index is 9.62. The fraction of sp³-hybridized carbons (Fsp3) is 0. The van der Waals surface area contributed by atoms with Crippen LogP contribution in [0.1, 0.15) is 5.56 Å². The molecule has 0 radical (unpaired) electrons. The Morgan fingerprint density at radius 3 is 1.51 bits per heavy atom. The zero-order valence-corrected chi connectivity index (χ0v) is 33.8. The van der Waals surface area contributed by atoms with E-state index in [1.807, 2.05) is 84.9 Å². The van der Waals surface area contributed by atoms with E-state index in [9.17, 15) is 5.26 Å². The second-order valence-electron chi connectivity index (χ2n) is 15.8. The molecule has 0 aliphatic rings. The lowest BCUT2D eigenvalue weighted by molar-refractivity contribution is 0.673. The third-order valence-electron chi connectivity index (χ3n) is 12.1. The molecule has 5 nitrogen and oxygen atoms in total. The number of hydrogen-bond donors (Lipinski definition) is 0. The normalized spacial score (nSPS) is 11.5. The first-order valence-electron chi connectivity index (χ1n) is 21.0. The van der Waals surface area contributed by atoms with Crippen molar-refractivity contribution in [2.24, 2.45) is 0 Å². The van der Waals surface area contributed by atoms with Crippen LogP contribution in [0.3, 0.4) is 0 Å². The topological polar surface area (TPSA) is 75.6 Å². The van der Waals surface area contributed by atoms with Gasteiger partial charge in [-0.05, 0) is 96.7 Å². The minimum absolute atomic E-state index is 0.613. The standard InChI is InChI=1S/C58H34N4O/c59-35-36-13-11-19-41(31-36)44-29-30-45(47-22-8-7-21-46(44)47)42-26-28-48-49-27-25-40(33-52(49)55-54(51(48)34-42)50-23-9-10-24-53(50)63-55)39-18-12-20-43(32-39)58-61-56(37-14-3-1-4-15-37)60-57(62-58)38-16-5-2-6-17-38/h1-34H. The van der Waals surface area contributed by atoms with Crippen LogP contribution in [0.15, 0.2) is 211 Å².